The molecule has 1 N–H and O–H groups in total. The van der Waals surface area contributed by atoms with E-state index in [9.17, 15) is 13.2 Å². The van der Waals surface area contributed by atoms with E-state index in [2.05, 4.69) is 17.4 Å². The van der Waals surface area contributed by atoms with Crippen LogP contribution in [-0.4, -0.2) is 26.6 Å². The lowest BCUT2D eigenvalue weighted by atomic mass is 10.0. The fourth-order valence-electron chi connectivity index (χ4n) is 3.88. The first-order chi connectivity index (χ1) is 13.6. The van der Waals surface area contributed by atoms with Crippen molar-refractivity contribution in [3.05, 3.63) is 63.7 Å². The smallest absolute Gasteiger partial charge is 0.244 e. The van der Waals surface area contributed by atoms with Crippen LogP contribution in [0.2, 0.25) is 5.02 Å². The van der Waals surface area contributed by atoms with E-state index in [1.807, 2.05) is 13.0 Å². The van der Waals surface area contributed by atoms with E-state index in [0.717, 1.165) is 34.5 Å². The molecule has 2 aromatic rings. The second-order valence-electron chi connectivity index (χ2n) is 7.78. The number of aryl methyl sites for hydroxylation is 3. The zero-order valence-electron chi connectivity index (χ0n) is 17.2. The lowest BCUT2D eigenvalue weighted by Gasteiger charge is -2.30. The Labute approximate surface area is 178 Å². The third kappa shape index (κ3) is 4.75. The quantitative estimate of drug-likeness (QED) is 0.741. The van der Waals surface area contributed by atoms with E-state index < -0.39 is 16.1 Å². The molecule has 1 aliphatic carbocycles. The van der Waals surface area contributed by atoms with Crippen molar-refractivity contribution in [1.29, 1.82) is 0 Å². The molecule has 0 aliphatic heterocycles. The van der Waals surface area contributed by atoms with Crippen molar-refractivity contribution in [2.75, 3.05) is 10.6 Å². The summed E-state index contributed by atoms with van der Waals surface area (Å²) in [6, 6.07) is 10.2. The number of sulfonamides is 1. The Morgan fingerprint density at radius 3 is 2.48 bits per heavy atom. The molecule has 0 fully saturated rings. The van der Waals surface area contributed by atoms with Gasteiger partial charge in [-0.05, 0) is 74.4 Å². The van der Waals surface area contributed by atoms with Crippen molar-refractivity contribution >= 4 is 33.2 Å². The standard InChI is InChI=1S/C22H27ClN2O3S/c1-14-8-11-20(23)13-21(14)25(29(4,27)28)16(3)22(26)24-15(2)18-10-9-17-6-5-7-19(17)12-18/h8-13,15-16H,5-7H2,1-4H3,(H,24,26)/t15-,16+/m1/s1. The van der Waals surface area contributed by atoms with Gasteiger partial charge in [0.2, 0.25) is 15.9 Å². The Kier molecular flexibility index (Phi) is 6.24. The molecule has 29 heavy (non-hydrogen) atoms. The number of hydrogen-bond donors (Lipinski definition) is 1. The van der Waals surface area contributed by atoms with Gasteiger partial charge in [-0.3, -0.25) is 9.10 Å². The Balaban J connectivity index is 1.83. The summed E-state index contributed by atoms with van der Waals surface area (Å²) >= 11 is 6.08. The van der Waals surface area contributed by atoms with E-state index in [0.29, 0.717) is 10.7 Å². The third-order valence-corrected chi connectivity index (χ3v) is 6.94. The Morgan fingerprint density at radius 2 is 1.79 bits per heavy atom. The van der Waals surface area contributed by atoms with Gasteiger partial charge in [0, 0.05) is 5.02 Å². The molecule has 5 nitrogen and oxygen atoms in total. The number of amides is 1. The van der Waals surface area contributed by atoms with E-state index >= 15 is 0 Å². The van der Waals surface area contributed by atoms with Crippen LogP contribution in [0.15, 0.2) is 36.4 Å². The van der Waals surface area contributed by atoms with Crippen LogP contribution in [-0.2, 0) is 27.7 Å². The molecule has 0 saturated carbocycles. The molecule has 156 valence electrons. The van der Waals surface area contributed by atoms with Crippen molar-refractivity contribution in [1.82, 2.24) is 5.32 Å². The van der Waals surface area contributed by atoms with Gasteiger partial charge in [-0.2, -0.15) is 0 Å². The molecule has 1 amide bonds. The summed E-state index contributed by atoms with van der Waals surface area (Å²) in [7, 11) is -3.70. The van der Waals surface area contributed by atoms with Crippen molar-refractivity contribution < 1.29 is 13.2 Å². The first-order valence-corrected chi connectivity index (χ1v) is 12.0. The number of benzene rings is 2. The van der Waals surface area contributed by atoms with Crippen molar-refractivity contribution in [3.63, 3.8) is 0 Å². The van der Waals surface area contributed by atoms with Gasteiger partial charge >= 0.3 is 0 Å². The van der Waals surface area contributed by atoms with Gasteiger partial charge in [0.25, 0.3) is 0 Å². The molecule has 3 rings (SSSR count). The van der Waals surface area contributed by atoms with Crippen molar-refractivity contribution in [2.24, 2.45) is 0 Å². The van der Waals surface area contributed by atoms with E-state index in [1.165, 1.54) is 17.5 Å². The zero-order chi connectivity index (χ0) is 21.3. The molecule has 0 unspecified atom stereocenters. The van der Waals surface area contributed by atoms with Gasteiger partial charge in [0.05, 0.1) is 18.0 Å². The lowest BCUT2D eigenvalue weighted by Crippen LogP contribution is -2.48. The van der Waals surface area contributed by atoms with Gasteiger partial charge in [-0.1, -0.05) is 35.9 Å². The maximum absolute atomic E-state index is 13.0. The second-order valence-corrected chi connectivity index (χ2v) is 10.1. The Bertz CT molecular complexity index is 1040. The van der Waals surface area contributed by atoms with Crippen LogP contribution < -0.4 is 9.62 Å². The average molecular weight is 435 g/mol. The van der Waals surface area contributed by atoms with Crippen LogP contribution in [0, 0.1) is 6.92 Å². The number of nitrogens with zero attached hydrogens (tertiary/aromatic N) is 1. The van der Waals surface area contributed by atoms with Crippen LogP contribution in [0.1, 0.15) is 48.6 Å². The SMILES string of the molecule is Cc1ccc(Cl)cc1N([C@@H](C)C(=O)N[C@H](C)c1ccc2c(c1)CCC2)S(C)(=O)=O. The zero-order valence-corrected chi connectivity index (χ0v) is 18.8. The minimum atomic E-state index is -3.70. The summed E-state index contributed by atoms with van der Waals surface area (Å²) in [6.45, 7) is 5.30. The molecule has 0 spiro atoms. The molecule has 0 heterocycles. The van der Waals surface area contributed by atoms with Crippen LogP contribution in [0.3, 0.4) is 0 Å². The number of rotatable bonds is 6. The summed E-state index contributed by atoms with van der Waals surface area (Å²) < 4.78 is 26.2. The van der Waals surface area contributed by atoms with Crippen LogP contribution >= 0.6 is 11.6 Å². The number of hydrogen-bond acceptors (Lipinski definition) is 3. The first-order valence-electron chi connectivity index (χ1n) is 9.75. The normalized spacial score (nSPS) is 15.5. The molecular weight excluding hydrogens is 408 g/mol. The highest BCUT2D eigenvalue weighted by Crippen LogP contribution is 2.29. The summed E-state index contributed by atoms with van der Waals surface area (Å²) in [5.74, 6) is -0.359. The van der Waals surface area contributed by atoms with Gasteiger partial charge in [0.15, 0.2) is 0 Å². The van der Waals surface area contributed by atoms with Gasteiger partial charge in [0.1, 0.15) is 6.04 Å². The third-order valence-electron chi connectivity index (χ3n) is 5.48. The maximum atomic E-state index is 13.0. The molecule has 0 bridgehead atoms. The number of anilines is 1. The Morgan fingerprint density at radius 1 is 1.10 bits per heavy atom. The predicted octanol–water partition coefficient (Wildman–Crippen LogP) is 4.17. The summed E-state index contributed by atoms with van der Waals surface area (Å²) in [4.78, 5) is 13.0. The molecule has 0 aromatic heterocycles. The number of carbonyl (C=O) groups is 1. The van der Waals surface area contributed by atoms with E-state index in [1.54, 1.807) is 32.0 Å². The highest BCUT2D eigenvalue weighted by Gasteiger charge is 2.31. The maximum Gasteiger partial charge on any atom is 0.244 e. The fraction of sp³-hybridized carbons (Fsp3) is 0.409. The van der Waals surface area contributed by atoms with Crippen molar-refractivity contribution in [2.45, 2.75) is 52.1 Å². The molecule has 0 radical (unpaired) electrons. The van der Waals surface area contributed by atoms with Crippen LogP contribution in [0.25, 0.3) is 0 Å². The predicted molar refractivity (Wildman–Crippen MR) is 118 cm³/mol. The van der Waals surface area contributed by atoms with Gasteiger partial charge in [-0.25, -0.2) is 8.42 Å². The minimum absolute atomic E-state index is 0.224. The number of nitrogens with one attached hydrogen (secondary N) is 1. The van der Waals surface area contributed by atoms with Gasteiger partial charge < -0.3 is 5.32 Å². The second kappa shape index (κ2) is 8.36. The average Bonchev–Trinajstić information content (AvgIpc) is 3.11. The molecule has 1 aliphatic rings. The minimum Gasteiger partial charge on any atom is -0.348 e. The molecule has 0 saturated heterocycles. The van der Waals surface area contributed by atoms with E-state index in [4.69, 9.17) is 11.6 Å². The van der Waals surface area contributed by atoms with Crippen LogP contribution in [0.4, 0.5) is 5.69 Å². The Hall–Kier alpha value is -2.05. The topological polar surface area (TPSA) is 66.5 Å². The number of fused-ring (bicyclic) bond motifs is 1. The first kappa shape index (κ1) is 21.7. The highest BCUT2D eigenvalue weighted by molar-refractivity contribution is 7.92. The largest absolute Gasteiger partial charge is 0.348 e. The molecule has 2 aromatic carbocycles. The highest BCUT2D eigenvalue weighted by atomic mass is 35.5. The molecular formula is C22H27ClN2O3S. The molecule has 7 heteroatoms. The van der Waals surface area contributed by atoms with E-state index in [-0.39, 0.29) is 11.9 Å². The van der Waals surface area contributed by atoms with Gasteiger partial charge in [-0.15, -0.1) is 0 Å². The number of halogens is 1. The lowest BCUT2D eigenvalue weighted by molar-refractivity contribution is -0.122. The van der Waals surface area contributed by atoms with Crippen molar-refractivity contribution in [3.8, 4) is 0 Å². The monoisotopic (exact) mass is 434 g/mol. The van der Waals surface area contributed by atoms with Crippen LogP contribution in [0.5, 0.6) is 0 Å². The number of carbonyl (C=O) groups excluding carboxylic acids is 1. The summed E-state index contributed by atoms with van der Waals surface area (Å²) in [6.07, 6.45) is 4.44. The summed E-state index contributed by atoms with van der Waals surface area (Å²) in [5.41, 5.74) is 4.87. The summed E-state index contributed by atoms with van der Waals surface area (Å²) in [5, 5.41) is 3.38. The fourth-order valence-corrected chi connectivity index (χ4v) is 5.27. The molecule has 2 atom stereocenters.